The van der Waals surface area contributed by atoms with Crippen LogP contribution in [-0.2, 0) is 0 Å². The third-order valence-electron chi connectivity index (χ3n) is 4.71. The summed E-state index contributed by atoms with van der Waals surface area (Å²) in [5.74, 6) is 0.940. The number of rotatable bonds is 3. The molecule has 0 radical (unpaired) electrons. The Morgan fingerprint density at radius 3 is 2.35 bits per heavy atom. The molecule has 0 saturated carbocycles. The molecule has 0 N–H and O–H groups in total. The molecule has 0 aromatic heterocycles. The molecule has 1 saturated heterocycles. The smallest absolute Gasteiger partial charge is 0.179 e. The van der Waals surface area contributed by atoms with Gasteiger partial charge in [0.05, 0.1) is 6.04 Å². The molecule has 1 aromatic carbocycles. The minimum atomic E-state index is -0.00921. The van der Waals surface area contributed by atoms with Crippen molar-refractivity contribution in [2.24, 2.45) is 11.3 Å². The summed E-state index contributed by atoms with van der Waals surface area (Å²) in [5, 5.41) is 0. The summed E-state index contributed by atoms with van der Waals surface area (Å²) in [5.41, 5.74) is 2.37. The van der Waals surface area contributed by atoms with Crippen molar-refractivity contribution in [3.8, 4) is 0 Å². The summed E-state index contributed by atoms with van der Waals surface area (Å²) < 4.78 is 0. The molecule has 0 spiro atoms. The Bertz CT molecular complexity index is 469. The summed E-state index contributed by atoms with van der Waals surface area (Å²) >= 11 is 0. The number of Topliss-reactive ketones (excluding diaryl/α,β-unsaturated/α-hetero) is 1. The first-order valence-corrected chi connectivity index (χ1v) is 7.64. The van der Waals surface area contributed by atoms with Crippen LogP contribution in [0.15, 0.2) is 24.3 Å². The lowest BCUT2D eigenvalue weighted by Crippen LogP contribution is -2.38. The van der Waals surface area contributed by atoms with Crippen molar-refractivity contribution in [1.82, 2.24) is 4.90 Å². The van der Waals surface area contributed by atoms with Crippen molar-refractivity contribution >= 4 is 5.78 Å². The standard InChI is InChI=1S/C18H27NO/c1-13-6-8-15(9-7-13)17(20)14(2)19-11-10-16(12-19)18(3,4)5/h6-9,14,16H,10-12H2,1-5H3. The molecule has 1 heterocycles. The van der Waals surface area contributed by atoms with Gasteiger partial charge < -0.3 is 0 Å². The van der Waals surface area contributed by atoms with E-state index < -0.39 is 0 Å². The molecule has 20 heavy (non-hydrogen) atoms. The lowest BCUT2D eigenvalue weighted by Gasteiger charge is -2.28. The fourth-order valence-corrected chi connectivity index (χ4v) is 2.97. The predicted octanol–water partition coefficient (Wildman–Crippen LogP) is 3.93. The maximum absolute atomic E-state index is 12.6. The minimum Gasteiger partial charge on any atom is -0.293 e. The van der Waals surface area contributed by atoms with Crippen LogP contribution in [0.25, 0.3) is 0 Å². The minimum absolute atomic E-state index is 0.00921. The maximum atomic E-state index is 12.6. The van der Waals surface area contributed by atoms with E-state index in [0.29, 0.717) is 11.3 Å². The monoisotopic (exact) mass is 273 g/mol. The van der Waals surface area contributed by atoms with Crippen molar-refractivity contribution in [2.75, 3.05) is 13.1 Å². The number of benzene rings is 1. The third-order valence-corrected chi connectivity index (χ3v) is 4.71. The van der Waals surface area contributed by atoms with Gasteiger partial charge in [-0.05, 0) is 38.1 Å². The topological polar surface area (TPSA) is 20.3 Å². The predicted molar refractivity (Wildman–Crippen MR) is 84.1 cm³/mol. The molecule has 2 heteroatoms. The number of hydrogen-bond acceptors (Lipinski definition) is 2. The Morgan fingerprint density at radius 2 is 1.85 bits per heavy atom. The van der Waals surface area contributed by atoms with Crippen LogP contribution in [0, 0.1) is 18.3 Å². The number of carbonyl (C=O) groups is 1. The van der Waals surface area contributed by atoms with Gasteiger partial charge in [0.25, 0.3) is 0 Å². The van der Waals surface area contributed by atoms with Gasteiger partial charge in [0, 0.05) is 12.1 Å². The Labute approximate surface area is 123 Å². The van der Waals surface area contributed by atoms with E-state index in [2.05, 4.69) is 25.7 Å². The van der Waals surface area contributed by atoms with Crippen molar-refractivity contribution in [2.45, 2.75) is 47.1 Å². The van der Waals surface area contributed by atoms with E-state index in [1.54, 1.807) is 0 Å². The normalized spacial score (nSPS) is 21.9. The lowest BCUT2D eigenvalue weighted by molar-refractivity contribution is 0.0853. The Balaban J connectivity index is 2.03. The van der Waals surface area contributed by atoms with E-state index >= 15 is 0 Å². The zero-order chi connectivity index (χ0) is 14.9. The summed E-state index contributed by atoms with van der Waals surface area (Å²) in [7, 11) is 0. The number of hydrogen-bond donors (Lipinski definition) is 0. The largest absolute Gasteiger partial charge is 0.293 e. The number of nitrogens with zero attached hydrogens (tertiary/aromatic N) is 1. The summed E-state index contributed by atoms with van der Waals surface area (Å²) in [4.78, 5) is 14.9. The summed E-state index contributed by atoms with van der Waals surface area (Å²) in [6.07, 6.45) is 1.20. The molecule has 0 bridgehead atoms. The fraction of sp³-hybridized carbons (Fsp3) is 0.611. The van der Waals surface area contributed by atoms with Gasteiger partial charge in [-0.25, -0.2) is 0 Å². The first kappa shape index (κ1) is 15.2. The lowest BCUT2D eigenvalue weighted by atomic mass is 9.80. The molecule has 0 aliphatic carbocycles. The summed E-state index contributed by atoms with van der Waals surface area (Å²) in [6.45, 7) is 13.1. The molecular formula is C18H27NO. The molecular weight excluding hydrogens is 246 g/mol. The Hall–Kier alpha value is -1.15. The number of ketones is 1. The van der Waals surface area contributed by atoms with Gasteiger partial charge in [0.15, 0.2) is 5.78 Å². The Kier molecular flexibility index (Phi) is 4.33. The van der Waals surface area contributed by atoms with Gasteiger partial charge in [0.2, 0.25) is 0 Å². The van der Waals surface area contributed by atoms with Gasteiger partial charge in [-0.1, -0.05) is 50.6 Å². The zero-order valence-electron chi connectivity index (χ0n) is 13.4. The molecule has 2 rings (SSSR count). The molecule has 1 fully saturated rings. The second-order valence-electron chi connectivity index (χ2n) is 7.25. The highest BCUT2D eigenvalue weighted by atomic mass is 16.1. The molecule has 2 atom stereocenters. The van der Waals surface area contributed by atoms with E-state index in [-0.39, 0.29) is 11.8 Å². The van der Waals surface area contributed by atoms with Crippen LogP contribution in [0.5, 0.6) is 0 Å². The molecule has 2 nitrogen and oxygen atoms in total. The molecule has 1 aliphatic rings. The molecule has 0 amide bonds. The van der Waals surface area contributed by atoms with Crippen LogP contribution in [0.4, 0.5) is 0 Å². The van der Waals surface area contributed by atoms with Gasteiger partial charge in [0.1, 0.15) is 0 Å². The molecule has 110 valence electrons. The first-order valence-electron chi connectivity index (χ1n) is 7.64. The molecule has 1 aromatic rings. The van der Waals surface area contributed by atoms with Gasteiger partial charge in [-0.2, -0.15) is 0 Å². The highest BCUT2D eigenvalue weighted by Gasteiger charge is 2.35. The molecule has 1 aliphatic heterocycles. The van der Waals surface area contributed by atoms with Crippen LogP contribution in [-0.4, -0.2) is 29.8 Å². The number of aryl methyl sites for hydroxylation is 1. The van der Waals surface area contributed by atoms with Crippen molar-refractivity contribution in [3.05, 3.63) is 35.4 Å². The van der Waals surface area contributed by atoms with Crippen molar-refractivity contribution in [1.29, 1.82) is 0 Å². The van der Waals surface area contributed by atoms with E-state index in [0.717, 1.165) is 18.7 Å². The Morgan fingerprint density at radius 1 is 1.25 bits per heavy atom. The average molecular weight is 273 g/mol. The van der Waals surface area contributed by atoms with Crippen LogP contribution < -0.4 is 0 Å². The van der Waals surface area contributed by atoms with Crippen LogP contribution in [0.2, 0.25) is 0 Å². The van der Waals surface area contributed by atoms with E-state index in [1.807, 2.05) is 38.1 Å². The second kappa shape index (κ2) is 5.69. The zero-order valence-corrected chi connectivity index (χ0v) is 13.4. The van der Waals surface area contributed by atoms with Crippen molar-refractivity contribution in [3.63, 3.8) is 0 Å². The van der Waals surface area contributed by atoms with E-state index in [9.17, 15) is 4.79 Å². The van der Waals surface area contributed by atoms with E-state index in [4.69, 9.17) is 0 Å². The van der Waals surface area contributed by atoms with Gasteiger partial charge in [-0.3, -0.25) is 9.69 Å². The molecule has 2 unspecified atom stereocenters. The van der Waals surface area contributed by atoms with Crippen molar-refractivity contribution < 1.29 is 4.79 Å². The maximum Gasteiger partial charge on any atom is 0.179 e. The average Bonchev–Trinajstić information content (AvgIpc) is 2.87. The summed E-state index contributed by atoms with van der Waals surface area (Å²) in [6, 6.07) is 7.92. The number of likely N-dealkylation sites (tertiary alicyclic amines) is 1. The number of carbonyl (C=O) groups excluding carboxylic acids is 1. The highest BCUT2D eigenvalue weighted by Crippen LogP contribution is 2.34. The highest BCUT2D eigenvalue weighted by molar-refractivity contribution is 5.99. The fourth-order valence-electron chi connectivity index (χ4n) is 2.97. The van der Waals surface area contributed by atoms with Crippen LogP contribution in [0.1, 0.15) is 50.0 Å². The quantitative estimate of drug-likeness (QED) is 0.778. The van der Waals surface area contributed by atoms with Crippen LogP contribution >= 0.6 is 0 Å². The SMILES string of the molecule is Cc1ccc(C(=O)C(C)N2CCC(C(C)(C)C)C2)cc1. The van der Waals surface area contributed by atoms with Gasteiger partial charge in [-0.15, -0.1) is 0 Å². The third kappa shape index (κ3) is 3.29. The first-order chi connectivity index (χ1) is 9.29. The van der Waals surface area contributed by atoms with E-state index in [1.165, 1.54) is 12.0 Å². The van der Waals surface area contributed by atoms with Crippen LogP contribution in [0.3, 0.4) is 0 Å². The second-order valence-corrected chi connectivity index (χ2v) is 7.25. The van der Waals surface area contributed by atoms with Gasteiger partial charge >= 0.3 is 0 Å².